The van der Waals surface area contributed by atoms with Crippen LogP contribution < -0.4 is 21.9 Å². The van der Waals surface area contributed by atoms with Gasteiger partial charge in [-0.1, -0.05) is 19.1 Å². The Morgan fingerprint density at radius 1 is 0.929 bits per heavy atom. The number of rotatable bonds is 6. The first-order valence-corrected chi connectivity index (χ1v) is 8.89. The fourth-order valence-corrected chi connectivity index (χ4v) is 2.79. The Morgan fingerprint density at radius 2 is 1.54 bits per heavy atom. The highest BCUT2D eigenvalue weighted by Gasteiger charge is 2.09. The van der Waals surface area contributed by atoms with Gasteiger partial charge in [-0.05, 0) is 36.4 Å². The fraction of sp³-hybridized carbons (Fsp3) is 0.200. The molecule has 0 aliphatic carbocycles. The van der Waals surface area contributed by atoms with Gasteiger partial charge in [0.05, 0.1) is 10.9 Å². The van der Waals surface area contributed by atoms with E-state index < -0.39 is 11.2 Å². The van der Waals surface area contributed by atoms with Crippen LogP contribution in [0.5, 0.6) is 0 Å². The minimum Gasteiger partial charge on any atom is -0.326 e. The van der Waals surface area contributed by atoms with Crippen molar-refractivity contribution in [1.29, 1.82) is 0 Å². The largest absolute Gasteiger partial charge is 0.328 e. The molecule has 3 aromatic rings. The minimum absolute atomic E-state index is 0.0598. The van der Waals surface area contributed by atoms with Crippen LogP contribution in [0.25, 0.3) is 10.9 Å². The molecule has 0 spiro atoms. The number of hydrogen-bond donors (Lipinski definition) is 3. The van der Waals surface area contributed by atoms with Gasteiger partial charge < -0.3 is 10.6 Å². The standard InChI is InChI=1S/C20H20N4O4/c1-2-17(25)21-13-7-9-14(10-8-13)22-18(26)11-12-24-16-6-4-3-5-15(16)19(27)23-20(24)28/h3-10H,2,11-12H2,1H3,(H,21,25)(H,22,26)(H,23,27,28). The fourth-order valence-electron chi connectivity index (χ4n) is 2.79. The van der Waals surface area contributed by atoms with Gasteiger partial charge in [-0.2, -0.15) is 0 Å². The minimum atomic E-state index is -0.549. The summed E-state index contributed by atoms with van der Waals surface area (Å²) < 4.78 is 1.37. The Bertz CT molecular complexity index is 1130. The highest BCUT2D eigenvalue weighted by atomic mass is 16.2. The van der Waals surface area contributed by atoms with Gasteiger partial charge in [0.25, 0.3) is 5.56 Å². The van der Waals surface area contributed by atoms with Crippen molar-refractivity contribution in [3.63, 3.8) is 0 Å². The summed E-state index contributed by atoms with van der Waals surface area (Å²) in [4.78, 5) is 49.9. The van der Waals surface area contributed by atoms with Crippen LogP contribution in [0.1, 0.15) is 19.8 Å². The summed E-state index contributed by atoms with van der Waals surface area (Å²) in [5.74, 6) is -0.358. The maximum atomic E-state index is 12.2. The molecule has 2 aromatic carbocycles. The molecule has 8 nitrogen and oxygen atoms in total. The average Bonchev–Trinajstić information content (AvgIpc) is 2.69. The van der Waals surface area contributed by atoms with Crippen LogP contribution in [0, 0.1) is 0 Å². The van der Waals surface area contributed by atoms with Crippen molar-refractivity contribution in [2.24, 2.45) is 0 Å². The van der Waals surface area contributed by atoms with E-state index in [9.17, 15) is 19.2 Å². The summed E-state index contributed by atoms with van der Waals surface area (Å²) in [6.07, 6.45) is 0.446. The van der Waals surface area contributed by atoms with Crippen LogP contribution in [0.15, 0.2) is 58.1 Å². The molecule has 0 saturated carbocycles. The number of aromatic nitrogens is 2. The van der Waals surface area contributed by atoms with Gasteiger partial charge in [-0.25, -0.2) is 4.79 Å². The van der Waals surface area contributed by atoms with E-state index in [1.807, 2.05) is 0 Å². The Balaban J connectivity index is 1.67. The van der Waals surface area contributed by atoms with Gasteiger partial charge in [-0.3, -0.25) is 23.9 Å². The van der Waals surface area contributed by atoms with Gasteiger partial charge in [0.15, 0.2) is 0 Å². The Kier molecular flexibility index (Phi) is 5.69. The van der Waals surface area contributed by atoms with E-state index in [4.69, 9.17) is 0 Å². The number of carbonyl (C=O) groups excluding carboxylic acids is 2. The topological polar surface area (TPSA) is 113 Å². The summed E-state index contributed by atoms with van der Waals surface area (Å²) in [6, 6.07) is 13.5. The number of carbonyl (C=O) groups is 2. The number of H-pyrrole nitrogens is 1. The molecule has 0 aliphatic rings. The van der Waals surface area contributed by atoms with Crippen molar-refractivity contribution in [2.75, 3.05) is 10.6 Å². The molecule has 0 fully saturated rings. The third-order valence-electron chi connectivity index (χ3n) is 4.24. The van der Waals surface area contributed by atoms with Crippen LogP contribution in [-0.4, -0.2) is 21.4 Å². The summed E-state index contributed by atoms with van der Waals surface area (Å²) >= 11 is 0. The number of amides is 2. The van der Waals surface area contributed by atoms with E-state index in [1.54, 1.807) is 55.5 Å². The molecule has 3 rings (SSSR count). The lowest BCUT2D eigenvalue weighted by atomic mass is 10.2. The predicted octanol–water partition coefficient (Wildman–Crippen LogP) is 2.07. The van der Waals surface area contributed by atoms with Crippen molar-refractivity contribution < 1.29 is 9.59 Å². The summed E-state index contributed by atoms with van der Waals surface area (Å²) in [5.41, 5.74) is 0.721. The van der Waals surface area contributed by atoms with Gasteiger partial charge in [0.1, 0.15) is 0 Å². The zero-order valence-corrected chi connectivity index (χ0v) is 15.3. The molecule has 0 unspecified atom stereocenters. The molecule has 28 heavy (non-hydrogen) atoms. The molecule has 0 saturated heterocycles. The third kappa shape index (κ3) is 4.35. The molecule has 2 amide bonds. The maximum Gasteiger partial charge on any atom is 0.328 e. The first kappa shape index (κ1) is 19.1. The molecule has 0 bridgehead atoms. The maximum absolute atomic E-state index is 12.2. The van der Waals surface area contributed by atoms with E-state index in [0.717, 1.165) is 0 Å². The van der Waals surface area contributed by atoms with E-state index in [1.165, 1.54) is 4.57 Å². The highest BCUT2D eigenvalue weighted by molar-refractivity contribution is 5.92. The van der Waals surface area contributed by atoms with Crippen LogP contribution >= 0.6 is 0 Å². The lowest BCUT2D eigenvalue weighted by Crippen LogP contribution is -2.31. The molecular weight excluding hydrogens is 360 g/mol. The quantitative estimate of drug-likeness (QED) is 0.607. The number of aryl methyl sites for hydroxylation is 1. The first-order chi connectivity index (χ1) is 13.5. The zero-order chi connectivity index (χ0) is 20.1. The van der Waals surface area contributed by atoms with Gasteiger partial charge in [0, 0.05) is 30.8 Å². The number of nitrogens with zero attached hydrogens (tertiary/aromatic N) is 1. The molecule has 0 aliphatic heterocycles. The van der Waals surface area contributed by atoms with Crippen LogP contribution in [-0.2, 0) is 16.1 Å². The normalized spacial score (nSPS) is 10.6. The van der Waals surface area contributed by atoms with Crippen LogP contribution in [0.4, 0.5) is 11.4 Å². The second kappa shape index (κ2) is 8.34. The predicted molar refractivity (Wildman–Crippen MR) is 107 cm³/mol. The number of fused-ring (bicyclic) bond motifs is 1. The second-order valence-corrected chi connectivity index (χ2v) is 6.21. The highest BCUT2D eigenvalue weighted by Crippen LogP contribution is 2.14. The molecule has 1 aromatic heterocycles. The van der Waals surface area contributed by atoms with Gasteiger partial charge in [-0.15, -0.1) is 0 Å². The Labute approximate surface area is 160 Å². The summed E-state index contributed by atoms with van der Waals surface area (Å²) in [5, 5.41) is 5.87. The molecular formula is C20H20N4O4. The second-order valence-electron chi connectivity index (χ2n) is 6.21. The SMILES string of the molecule is CCC(=O)Nc1ccc(NC(=O)CCn2c(=O)[nH]c(=O)c3ccccc32)cc1. The summed E-state index contributed by atoms with van der Waals surface area (Å²) in [7, 11) is 0. The van der Waals surface area contributed by atoms with Crippen molar-refractivity contribution in [1.82, 2.24) is 9.55 Å². The molecule has 1 heterocycles. The van der Waals surface area contributed by atoms with E-state index in [-0.39, 0.29) is 24.8 Å². The Hall–Kier alpha value is -3.68. The van der Waals surface area contributed by atoms with Crippen molar-refractivity contribution in [2.45, 2.75) is 26.3 Å². The summed E-state index contributed by atoms with van der Waals surface area (Å²) in [6.45, 7) is 1.90. The lowest BCUT2D eigenvalue weighted by Gasteiger charge is -2.10. The van der Waals surface area contributed by atoms with Crippen molar-refractivity contribution >= 4 is 34.1 Å². The van der Waals surface area contributed by atoms with Crippen molar-refractivity contribution in [3.8, 4) is 0 Å². The van der Waals surface area contributed by atoms with E-state index in [0.29, 0.717) is 28.7 Å². The zero-order valence-electron chi connectivity index (χ0n) is 15.3. The number of hydrogen-bond acceptors (Lipinski definition) is 4. The number of aromatic amines is 1. The molecule has 0 radical (unpaired) electrons. The molecule has 8 heteroatoms. The Morgan fingerprint density at radius 3 is 2.18 bits per heavy atom. The number of para-hydroxylation sites is 1. The van der Waals surface area contributed by atoms with Gasteiger partial charge >= 0.3 is 5.69 Å². The van der Waals surface area contributed by atoms with Gasteiger partial charge in [0.2, 0.25) is 11.8 Å². The smallest absolute Gasteiger partial charge is 0.326 e. The van der Waals surface area contributed by atoms with Crippen molar-refractivity contribution in [3.05, 3.63) is 69.4 Å². The molecule has 3 N–H and O–H groups in total. The third-order valence-corrected chi connectivity index (χ3v) is 4.24. The number of nitrogens with one attached hydrogen (secondary N) is 3. The number of benzene rings is 2. The van der Waals surface area contributed by atoms with E-state index in [2.05, 4.69) is 15.6 Å². The van der Waals surface area contributed by atoms with Crippen LogP contribution in [0.3, 0.4) is 0 Å². The monoisotopic (exact) mass is 380 g/mol. The average molecular weight is 380 g/mol. The first-order valence-electron chi connectivity index (χ1n) is 8.89. The molecule has 144 valence electrons. The van der Waals surface area contributed by atoms with Crippen LogP contribution in [0.2, 0.25) is 0 Å². The molecule has 0 atom stereocenters. The lowest BCUT2D eigenvalue weighted by molar-refractivity contribution is -0.117. The van der Waals surface area contributed by atoms with E-state index >= 15 is 0 Å². The number of anilines is 2.